The number of benzene rings is 1. The molecule has 1 unspecified atom stereocenters. The lowest BCUT2D eigenvalue weighted by molar-refractivity contribution is -0.385. The lowest BCUT2D eigenvalue weighted by atomic mass is 10.1. The van der Waals surface area contributed by atoms with Crippen molar-refractivity contribution >= 4 is 27.3 Å². The molecule has 0 heterocycles. The normalized spacial score (nSPS) is 12.6. The fraction of sp³-hybridized carbons (Fsp3) is 0.500. The Morgan fingerprint density at radius 1 is 1.50 bits per heavy atom. The molecule has 1 atom stereocenters. The van der Waals surface area contributed by atoms with Crippen LogP contribution in [0, 0.1) is 17.0 Å². The van der Waals surface area contributed by atoms with Crippen molar-refractivity contribution in [2.45, 2.75) is 19.9 Å². The lowest BCUT2D eigenvalue weighted by Crippen LogP contribution is -2.29. The number of anilines is 1. The van der Waals surface area contributed by atoms with Crippen LogP contribution in [0.4, 0.5) is 11.4 Å². The van der Waals surface area contributed by atoms with E-state index in [0.29, 0.717) is 10.0 Å². The number of hydrogen-bond acceptors (Lipinski definition) is 4. The van der Waals surface area contributed by atoms with Crippen molar-refractivity contribution < 1.29 is 4.92 Å². The van der Waals surface area contributed by atoms with Crippen molar-refractivity contribution in [3.05, 3.63) is 32.3 Å². The number of nitro benzene ring substituents is 1. The van der Waals surface area contributed by atoms with E-state index in [1.807, 2.05) is 14.1 Å². The van der Waals surface area contributed by atoms with Crippen molar-refractivity contribution in [3.8, 4) is 0 Å². The van der Waals surface area contributed by atoms with E-state index < -0.39 is 0 Å². The maximum Gasteiger partial charge on any atom is 0.273 e. The maximum absolute atomic E-state index is 10.8. The highest BCUT2D eigenvalue weighted by molar-refractivity contribution is 9.10. The summed E-state index contributed by atoms with van der Waals surface area (Å²) >= 11 is 3.36. The summed E-state index contributed by atoms with van der Waals surface area (Å²) in [6, 6.07) is 3.60. The molecule has 0 radical (unpaired) electrons. The third-order valence-corrected chi connectivity index (χ3v) is 3.18. The van der Waals surface area contributed by atoms with Crippen LogP contribution in [0.2, 0.25) is 0 Å². The van der Waals surface area contributed by atoms with Gasteiger partial charge in [0.25, 0.3) is 5.69 Å². The molecule has 0 aliphatic carbocycles. The Kier molecular flexibility index (Phi) is 5.10. The first-order valence-corrected chi connectivity index (χ1v) is 6.46. The number of aryl methyl sites for hydroxylation is 1. The molecule has 0 saturated carbocycles. The van der Waals surface area contributed by atoms with Gasteiger partial charge >= 0.3 is 0 Å². The third-order valence-electron chi connectivity index (χ3n) is 2.52. The second kappa shape index (κ2) is 6.15. The molecule has 1 rings (SSSR count). The number of rotatable bonds is 5. The first-order valence-electron chi connectivity index (χ1n) is 5.67. The first-order chi connectivity index (χ1) is 8.31. The van der Waals surface area contributed by atoms with Crippen LogP contribution in [-0.4, -0.2) is 36.5 Å². The van der Waals surface area contributed by atoms with Crippen LogP contribution in [0.15, 0.2) is 16.6 Å². The number of halogens is 1. The standard InChI is InChI=1S/C12H18BrN3O2/c1-8-5-11(14-9(2)7-15(3)4)10(13)6-12(8)16(17)18/h5-6,9,14H,7H2,1-4H3. The van der Waals surface area contributed by atoms with E-state index in [1.54, 1.807) is 19.1 Å². The molecule has 6 heteroatoms. The predicted molar refractivity (Wildman–Crippen MR) is 77.2 cm³/mol. The molecular formula is C12H18BrN3O2. The molecule has 1 aromatic carbocycles. The van der Waals surface area contributed by atoms with Gasteiger partial charge in [0.1, 0.15) is 0 Å². The Morgan fingerprint density at radius 3 is 2.61 bits per heavy atom. The Morgan fingerprint density at radius 2 is 2.11 bits per heavy atom. The molecule has 0 amide bonds. The highest BCUT2D eigenvalue weighted by Crippen LogP contribution is 2.30. The molecular weight excluding hydrogens is 298 g/mol. The second-order valence-corrected chi connectivity index (χ2v) is 5.54. The summed E-state index contributed by atoms with van der Waals surface area (Å²) in [4.78, 5) is 12.5. The average Bonchev–Trinajstić information content (AvgIpc) is 2.21. The predicted octanol–water partition coefficient (Wildman–Crippen LogP) is 3.03. The van der Waals surface area contributed by atoms with Crippen LogP contribution >= 0.6 is 15.9 Å². The summed E-state index contributed by atoms with van der Waals surface area (Å²) in [5.41, 5.74) is 1.67. The second-order valence-electron chi connectivity index (χ2n) is 4.68. The van der Waals surface area contributed by atoms with Gasteiger partial charge < -0.3 is 10.2 Å². The van der Waals surface area contributed by atoms with Crippen LogP contribution in [0.3, 0.4) is 0 Å². The van der Waals surface area contributed by atoms with Gasteiger partial charge in [-0.15, -0.1) is 0 Å². The van der Waals surface area contributed by atoms with E-state index in [1.165, 1.54) is 0 Å². The molecule has 18 heavy (non-hydrogen) atoms. The molecule has 0 saturated heterocycles. The summed E-state index contributed by atoms with van der Waals surface area (Å²) in [5.74, 6) is 0. The molecule has 0 fully saturated rings. The summed E-state index contributed by atoms with van der Waals surface area (Å²) in [6.45, 7) is 4.71. The topological polar surface area (TPSA) is 58.4 Å². The molecule has 1 N–H and O–H groups in total. The van der Waals surface area contributed by atoms with E-state index in [2.05, 4.69) is 33.1 Å². The number of nitrogens with one attached hydrogen (secondary N) is 1. The molecule has 0 bridgehead atoms. The third kappa shape index (κ3) is 3.96. The zero-order chi connectivity index (χ0) is 13.9. The SMILES string of the molecule is Cc1cc(NC(C)CN(C)C)c(Br)cc1[N+](=O)[O-]. The average molecular weight is 316 g/mol. The van der Waals surface area contributed by atoms with Crippen LogP contribution in [0.1, 0.15) is 12.5 Å². The van der Waals surface area contributed by atoms with Gasteiger partial charge in [0.05, 0.1) is 4.92 Å². The smallest absolute Gasteiger partial charge is 0.273 e. The van der Waals surface area contributed by atoms with Crippen LogP contribution in [-0.2, 0) is 0 Å². The van der Waals surface area contributed by atoms with Crippen molar-refractivity contribution in [2.24, 2.45) is 0 Å². The van der Waals surface area contributed by atoms with Crippen molar-refractivity contribution in [1.29, 1.82) is 0 Å². The van der Waals surface area contributed by atoms with E-state index >= 15 is 0 Å². The summed E-state index contributed by atoms with van der Waals surface area (Å²) in [5, 5.41) is 14.1. The van der Waals surface area contributed by atoms with Crippen LogP contribution in [0.5, 0.6) is 0 Å². The zero-order valence-corrected chi connectivity index (χ0v) is 12.6. The number of nitrogens with zero attached hydrogens (tertiary/aromatic N) is 2. The van der Waals surface area contributed by atoms with Crippen LogP contribution < -0.4 is 5.32 Å². The minimum Gasteiger partial charge on any atom is -0.380 e. The Balaban J connectivity index is 2.91. The fourth-order valence-electron chi connectivity index (χ4n) is 1.84. The van der Waals surface area contributed by atoms with Gasteiger partial charge in [-0.1, -0.05) is 0 Å². The van der Waals surface area contributed by atoms with E-state index in [-0.39, 0.29) is 16.7 Å². The number of nitro groups is 1. The Hall–Kier alpha value is -1.14. The van der Waals surface area contributed by atoms with Gasteiger partial charge in [0.15, 0.2) is 0 Å². The molecule has 0 aliphatic heterocycles. The van der Waals surface area contributed by atoms with Gasteiger partial charge in [0.2, 0.25) is 0 Å². The largest absolute Gasteiger partial charge is 0.380 e. The van der Waals surface area contributed by atoms with Gasteiger partial charge in [-0.2, -0.15) is 0 Å². The van der Waals surface area contributed by atoms with Gasteiger partial charge in [0, 0.05) is 34.4 Å². The minimum atomic E-state index is -0.368. The number of likely N-dealkylation sites (N-methyl/N-ethyl adjacent to an activating group) is 1. The van der Waals surface area contributed by atoms with Crippen molar-refractivity contribution in [2.75, 3.05) is 26.0 Å². The quantitative estimate of drug-likeness (QED) is 0.670. The monoisotopic (exact) mass is 315 g/mol. The number of hydrogen-bond donors (Lipinski definition) is 1. The van der Waals surface area contributed by atoms with E-state index in [0.717, 1.165) is 12.2 Å². The molecule has 1 aromatic rings. The Bertz CT molecular complexity index is 449. The van der Waals surface area contributed by atoms with Gasteiger partial charge in [-0.3, -0.25) is 10.1 Å². The molecule has 100 valence electrons. The minimum absolute atomic E-state index is 0.132. The zero-order valence-electron chi connectivity index (χ0n) is 11.0. The van der Waals surface area contributed by atoms with Crippen LogP contribution in [0.25, 0.3) is 0 Å². The summed E-state index contributed by atoms with van der Waals surface area (Å²) < 4.78 is 0.713. The van der Waals surface area contributed by atoms with Crippen molar-refractivity contribution in [3.63, 3.8) is 0 Å². The molecule has 0 aliphatic rings. The van der Waals surface area contributed by atoms with Crippen molar-refractivity contribution in [1.82, 2.24) is 4.90 Å². The van der Waals surface area contributed by atoms with E-state index in [4.69, 9.17) is 0 Å². The molecule has 5 nitrogen and oxygen atoms in total. The van der Waals surface area contributed by atoms with Gasteiger partial charge in [-0.05, 0) is 49.9 Å². The van der Waals surface area contributed by atoms with E-state index in [9.17, 15) is 10.1 Å². The highest BCUT2D eigenvalue weighted by atomic mass is 79.9. The maximum atomic E-state index is 10.8. The lowest BCUT2D eigenvalue weighted by Gasteiger charge is -2.20. The summed E-state index contributed by atoms with van der Waals surface area (Å²) in [7, 11) is 4.02. The fourth-order valence-corrected chi connectivity index (χ4v) is 2.28. The molecule has 0 aromatic heterocycles. The first kappa shape index (κ1) is 14.9. The molecule has 0 spiro atoms. The summed E-state index contributed by atoms with van der Waals surface area (Å²) in [6.07, 6.45) is 0. The van der Waals surface area contributed by atoms with Gasteiger partial charge in [-0.25, -0.2) is 0 Å². The highest BCUT2D eigenvalue weighted by Gasteiger charge is 2.15. The Labute approximate surface area is 115 Å².